The summed E-state index contributed by atoms with van der Waals surface area (Å²) in [6.07, 6.45) is 3.55. The highest BCUT2D eigenvalue weighted by molar-refractivity contribution is 7.57. The molecule has 1 aromatic heterocycles. The van der Waals surface area contributed by atoms with Crippen molar-refractivity contribution in [1.82, 2.24) is 15.5 Å². The lowest BCUT2D eigenvalue weighted by Crippen LogP contribution is -2.46. The number of likely N-dealkylation sites (tertiary alicyclic amines) is 1. The molecule has 3 aromatic carbocycles. The monoisotopic (exact) mass is 617 g/mol. The van der Waals surface area contributed by atoms with E-state index in [0.717, 1.165) is 78.5 Å². The number of para-hydroxylation sites is 1. The van der Waals surface area contributed by atoms with Crippen LogP contribution in [0.1, 0.15) is 47.4 Å². The van der Waals surface area contributed by atoms with E-state index in [-0.39, 0.29) is 22.5 Å². The molecule has 4 unspecified atom stereocenters. The maximum atomic E-state index is 14.1. The lowest BCUT2D eigenvalue weighted by Gasteiger charge is -2.32. The van der Waals surface area contributed by atoms with Gasteiger partial charge in [-0.3, -0.25) is 9.59 Å². The predicted octanol–water partition coefficient (Wildman–Crippen LogP) is 5.77. The van der Waals surface area contributed by atoms with Crippen LogP contribution in [-0.2, 0) is 10.2 Å². The Hall–Kier alpha value is -2.61. The van der Waals surface area contributed by atoms with E-state index in [1.165, 1.54) is 0 Å². The van der Waals surface area contributed by atoms with Crippen LogP contribution in [0.5, 0.6) is 0 Å². The number of unbranched alkanes of at least 4 members (excludes halogenated alkanes) is 1. The van der Waals surface area contributed by atoms with Crippen molar-refractivity contribution in [3.05, 3.63) is 95.7 Å². The second kappa shape index (κ2) is 12.2. The third kappa shape index (κ3) is 5.93. The third-order valence-corrected chi connectivity index (χ3v) is 9.15. The molecular weight excluding hydrogens is 579 g/mol. The van der Waals surface area contributed by atoms with Crippen molar-refractivity contribution in [2.45, 2.75) is 41.8 Å². The Morgan fingerprint density at radius 1 is 0.929 bits per heavy atom. The van der Waals surface area contributed by atoms with E-state index in [1.54, 1.807) is 6.07 Å². The molecule has 1 saturated heterocycles. The SMILES string of the molecule is O=C(NC1CCN(CCCCC2(C(=O)NCC(P)(P)P)c3ccccc3-c3ccccc32)C1)c1cc2ccccc2o1. The number of nitrogens with one attached hydrogen (secondary N) is 2. The number of amides is 2. The number of nitrogens with zero attached hydrogens (tertiary/aromatic N) is 1. The van der Waals surface area contributed by atoms with Gasteiger partial charge in [0.25, 0.3) is 5.91 Å². The number of hydrogen-bond donors (Lipinski definition) is 2. The number of furan rings is 1. The average Bonchev–Trinajstić information content (AvgIpc) is 3.69. The van der Waals surface area contributed by atoms with Crippen LogP contribution in [0.25, 0.3) is 22.1 Å². The van der Waals surface area contributed by atoms with Crippen molar-refractivity contribution in [2.24, 2.45) is 0 Å². The Morgan fingerprint density at radius 3 is 2.29 bits per heavy atom. The maximum Gasteiger partial charge on any atom is 0.287 e. The normalized spacial score (nSPS) is 17.6. The molecule has 2 heterocycles. The van der Waals surface area contributed by atoms with Crippen LogP contribution in [0.3, 0.4) is 0 Å². The lowest BCUT2D eigenvalue weighted by atomic mass is 9.73. The topological polar surface area (TPSA) is 74.6 Å². The van der Waals surface area contributed by atoms with Crippen LogP contribution in [0.2, 0.25) is 0 Å². The van der Waals surface area contributed by atoms with E-state index < -0.39 is 5.41 Å². The molecule has 42 heavy (non-hydrogen) atoms. The molecular formula is C33H38N3O3P3. The van der Waals surface area contributed by atoms with Crippen LogP contribution in [0.4, 0.5) is 0 Å². The fraction of sp³-hybridized carbons (Fsp3) is 0.333. The van der Waals surface area contributed by atoms with Crippen LogP contribution >= 0.6 is 27.7 Å². The Morgan fingerprint density at radius 2 is 1.60 bits per heavy atom. The number of fused-ring (bicyclic) bond motifs is 4. The Kier molecular flexibility index (Phi) is 8.54. The average molecular weight is 618 g/mol. The number of carbonyl (C=O) groups is 2. The van der Waals surface area contributed by atoms with Gasteiger partial charge in [0.05, 0.1) is 0 Å². The van der Waals surface area contributed by atoms with Crippen LogP contribution in [-0.4, -0.2) is 53.6 Å². The fourth-order valence-electron chi connectivity index (χ4n) is 6.57. The quantitative estimate of drug-likeness (QED) is 0.175. The minimum absolute atomic E-state index is 0.0613. The Labute approximate surface area is 254 Å². The van der Waals surface area contributed by atoms with Crippen molar-refractivity contribution in [3.63, 3.8) is 0 Å². The van der Waals surface area contributed by atoms with Gasteiger partial charge >= 0.3 is 0 Å². The first-order valence-electron chi connectivity index (χ1n) is 14.6. The smallest absolute Gasteiger partial charge is 0.287 e. The standard InChI is InChI=1S/C33H38N3O3P3/c37-30(29-19-22-9-1-6-14-28(22)39-29)35-23-15-18-36(20-23)17-8-7-16-32(31(38)34-21-33(40,41)42)26-12-4-2-10-24(26)25-11-3-5-13-27(25)32/h1-6,9-14,19,23H,7-8,15-18,20-21,40-42H2,(H,34,38)(H,35,37). The summed E-state index contributed by atoms with van der Waals surface area (Å²) in [6, 6.07) is 26.3. The minimum atomic E-state index is -0.716. The summed E-state index contributed by atoms with van der Waals surface area (Å²) in [5.74, 6) is 0.263. The van der Waals surface area contributed by atoms with Crippen molar-refractivity contribution >= 4 is 50.5 Å². The summed E-state index contributed by atoms with van der Waals surface area (Å²) in [6.45, 7) is 3.22. The summed E-state index contributed by atoms with van der Waals surface area (Å²) in [5.41, 5.74) is 4.51. The molecule has 2 aliphatic rings. The summed E-state index contributed by atoms with van der Waals surface area (Å²) < 4.78 is 5.50. The minimum Gasteiger partial charge on any atom is -0.451 e. The van der Waals surface area contributed by atoms with Gasteiger partial charge in [-0.05, 0) is 60.2 Å². The molecule has 4 atom stereocenters. The molecule has 0 saturated carbocycles. The molecule has 1 aliphatic carbocycles. The second-order valence-electron chi connectivity index (χ2n) is 11.7. The highest BCUT2D eigenvalue weighted by Gasteiger charge is 2.48. The highest BCUT2D eigenvalue weighted by atomic mass is 31.1. The van der Waals surface area contributed by atoms with Gasteiger partial charge in [-0.15, -0.1) is 27.7 Å². The summed E-state index contributed by atoms with van der Waals surface area (Å²) in [7, 11) is 8.28. The van der Waals surface area contributed by atoms with Gasteiger partial charge in [-0.2, -0.15) is 0 Å². The molecule has 0 spiro atoms. The van der Waals surface area contributed by atoms with Crippen LogP contribution < -0.4 is 10.6 Å². The fourth-order valence-corrected chi connectivity index (χ4v) is 6.87. The molecule has 1 fully saturated rings. The van der Waals surface area contributed by atoms with Gasteiger partial charge in [0.1, 0.15) is 11.0 Å². The molecule has 0 bridgehead atoms. The van der Waals surface area contributed by atoms with E-state index in [2.05, 4.69) is 79.7 Å². The highest BCUT2D eigenvalue weighted by Crippen LogP contribution is 2.51. The lowest BCUT2D eigenvalue weighted by molar-refractivity contribution is -0.125. The summed E-state index contributed by atoms with van der Waals surface area (Å²) in [5, 5.41) is 7.35. The first-order chi connectivity index (χ1) is 20.2. The van der Waals surface area contributed by atoms with E-state index in [1.807, 2.05) is 36.4 Å². The molecule has 9 heteroatoms. The zero-order valence-corrected chi connectivity index (χ0v) is 27.1. The zero-order chi connectivity index (χ0) is 29.3. The van der Waals surface area contributed by atoms with E-state index >= 15 is 0 Å². The number of carbonyl (C=O) groups excluding carboxylic acids is 2. The molecule has 4 aromatic rings. The maximum absolute atomic E-state index is 14.1. The predicted molar refractivity (Wildman–Crippen MR) is 180 cm³/mol. The van der Waals surface area contributed by atoms with Gasteiger partial charge in [0.2, 0.25) is 5.91 Å². The van der Waals surface area contributed by atoms with Crippen LogP contribution in [0, 0.1) is 0 Å². The van der Waals surface area contributed by atoms with Gasteiger partial charge in [0, 0.05) is 35.7 Å². The van der Waals surface area contributed by atoms with Gasteiger partial charge in [-0.25, -0.2) is 0 Å². The van der Waals surface area contributed by atoms with E-state index in [4.69, 9.17) is 4.42 Å². The van der Waals surface area contributed by atoms with Crippen molar-refractivity contribution in [1.29, 1.82) is 0 Å². The van der Waals surface area contributed by atoms with Gasteiger partial charge < -0.3 is 20.0 Å². The zero-order valence-electron chi connectivity index (χ0n) is 23.6. The van der Waals surface area contributed by atoms with Crippen LogP contribution in [0.15, 0.2) is 83.3 Å². The number of hydrogen-bond acceptors (Lipinski definition) is 4. The molecule has 0 radical (unpaired) electrons. The molecule has 1 aliphatic heterocycles. The largest absolute Gasteiger partial charge is 0.451 e. The summed E-state index contributed by atoms with van der Waals surface area (Å²) in [4.78, 5) is 29.4. The third-order valence-electron chi connectivity index (χ3n) is 8.54. The van der Waals surface area contributed by atoms with Crippen molar-refractivity contribution < 1.29 is 14.0 Å². The first kappa shape index (κ1) is 29.5. The Bertz CT molecular complexity index is 1530. The molecule has 218 valence electrons. The second-order valence-corrected chi connectivity index (χ2v) is 16.9. The van der Waals surface area contributed by atoms with E-state index in [0.29, 0.717) is 12.3 Å². The van der Waals surface area contributed by atoms with Crippen molar-refractivity contribution in [3.8, 4) is 11.1 Å². The van der Waals surface area contributed by atoms with Gasteiger partial charge in [-0.1, -0.05) is 73.2 Å². The molecule has 6 rings (SSSR count). The number of rotatable bonds is 10. The summed E-state index contributed by atoms with van der Waals surface area (Å²) >= 11 is 0. The first-order valence-corrected chi connectivity index (χ1v) is 16.3. The van der Waals surface area contributed by atoms with Gasteiger partial charge in [0.15, 0.2) is 5.76 Å². The molecule has 2 N–H and O–H groups in total. The number of benzene rings is 3. The Balaban J connectivity index is 1.10. The molecule has 2 amide bonds. The van der Waals surface area contributed by atoms with Crippen molar-refractivity contribution in [2.75, 3.05) is 26.2 Å². The van der Waals surface area contributed by atoms with E-state index in [9.17, 15) is 9.59 Å². The molecule has 6 nitrogen and oxygen atoms in total.